The zero-order chi connectivity index (χ0) is 29.4. The Hall–Kier alpha value is -3.43. The molecule has 2 N–H and O–H groups in total. The van der Waals surface area contributed by atoms with Crippen LogP contribution in [0.15, 0.2) is 60.2 Å². The molecule has 1 aromatic carbocycles. The maximum atomic E-state index is 13.1. The number of phenols is 1. The van der Waals surface area contributed by atoms with Crippen molar-refractivity contribution in [1.82, 2.24) is 0 Å². The van der Waals surface area contributed by atoms with Gasteiger partial charge in [0.1, 0.15) is 11.9 Å². The summed E-state index contributed by atoms with van der Waals surface area (Å²) in [6, 6.07) is 5.73. The molecule has 1 aliphatic heterocycles. The molecule has 1 saturated carbocycles. The summed E-state index contributed by atoms with van der Waals surface area (Å²) in [6.45, 7) is 12.5. The average Bonchev–Trinajstić information content (AvgIpc) is 3.18. The summed E-state index contributed by atoms with van der Waals surface area (Å²) < 4.78 is 23.2. The van der Waals surface area contributed by atoms with Crippen LogP contribution in [0.4, 0.5) is 0 Å². The monoisotopic (exact) mass is 554 g/mol. The van der Waals surface area contributed by atoms with E-state index in [9.17, 15) is 24.6 Å². The number of benzene rings is 1. The van der Waals surface area contributed by atoms with E-state index in [2.05, 4.69) is 26.5 Å². The summed E-state index contributed by atoms with van der Waals surface area (Å²) in [5, 5.41) is 21.4. The highest BCUT2D eigenvalue weighted by Gasteiger charge is 2.71. The van der Waals surface area contributed by atoms with E-state index in [-0.39, 0.29) is 17.2 Å². The fraction of sp³-hybridized carbons (Fsp3) is 0.516. The van der Waals surface area contributed by atoms with Gasteiger partial charge in [0, 0.05) is 19.4 Å². The molecule has 40 heavy (non-hydrogen) atoms. The second-order valence-electron chi connectivity index (χ2n) is 11.4. The van der Waals surface area contributed by atoms with Crippen LogP contribution in [-0.2, 0) is 28.5 Å². The van der Waals surface area contributed by atoms with Gasteiger partial charge in [-0.1, -0.05) is 38.2 Å². The number of aliphatic hydroxyl groups is 1. The second-order valence-corrected chi connectivity index (χ2v) is 11.4. The number of carbonyl (C=O) groups excluding carboxylic acids is 3. The largest absolute Gasteiger partial charge is 0.508 e. The number of hydrogen-bond acceptors (Lipinski definition) is 9. The number of rotatable bonds is 7. The molecular weight excluding hydrogens is 516 g/mol. The Morgan fingerprint density at radius 3 is 2.33 bits per heavy atom. The Morgan fingerprint density at radius 2 is 1.73 bits per heavy atom. The Morgan fingerprint density at radius 1 is 1.07 bits per heavy atom. The first-order chi connectivity index (χ1) is 18.8. The molecule has 0 amide bonds. The van der Waals surface area contributed by atoms with Crippen molar-refractivity contribution < 1.29 is 43.5 Å². The predicted molar refractivity (Wildman–Crippen MR) is 145 cm³/mol. The van der Waals surface area contributed by atoms with Crippen LogP contribution in [0.3, 0.4) is 0 Å². The van der Waals surface area contributed by atoms with Crippen molar-refractivity contribution >= 4 is 17.9 Å². The van der Waals surface area contributed by atoms with Gasteiger partial charge < -0.3 is 24.4 Å². The first-order valence-electron chi connectivity index (χ1n) is 13.5. The van der Waals surface area contributed by atoms with Crippen molar-refractivity contribution in [1.29, 1.82) is 0 Å². The van der Waals surface area contributed by atoms with Crippen LogP contribution in [-0.4, -0.2) is 52.9 Å². The Balaban J connectivity index is 1.86. The lowest BCUT2D eigenvalue weighted by atomic mass is 9.45. The molecule has 0 unspecified atom stereocenters. The van der Waals surface area contributed by atoms with E-state index in [1.165, 1.54) is 38.1 Å². The number of carbonyl (C=O) groups is 3. The third kappa shape index (κ3) is 5.20. The third-order valence-corrected chi connectivity index (χ3v) is 8.94. The molecule has 9 nitrogen and oxygen atoms in total. The van der Waals surface area contributed by atoms with E-state index >= 15 is 0 Å². The number of esters is 3. The fourth-order valence-corrected chi connectivity index (χ4v) is 6.67. The fourth-order valence-electron chi connectivity index (χ4n) is 6.67. The highest BCUT2D eigenvalue weighted by atomic mass is 16.8. The van der Waals surface area contributed by atoms with Crippen LogP contribution in [0.1, 0.15) is 64.2 Å². The Bertz CT molecular complexity index is 1230. The van der Waals surface area contributed by atoms with Crippen LogP contribution in [0, 0.1) is 22.7 Å². The Kier molecular flexibility index (Phi) is 8.28. The lowest BCUT2D eigenvalue weighted by Gasteiger charge is -2.60. The summed E-state index contributed by atoms with van der Waals surface area (Å²) in [7, 11) is 0. The zero-order valence-electron chi connectivity index (χ0n) is 23.6. The van der Waals surface area contributed by atoms with E-state index in [1.54, 1.807) is 12.2 Å². The third-order valence-electron chi connectivity index (χ3n) is 8.94. The number of allylic oxidation sites excluding steroid dienone is 3. The highest BCUT2D eigenvalue weighted by Crippen LogP contribution is 2.67. The van der Waals surface area contributed by atoms with E-state index in [0.717, 1.165) is 5.57 Å². The van der Waals surface area contributed by atoms with Gasteiger partial charge in [-0.25, -0.2) is 4.79 Å². The topological polar surface area (TPSA) is 129 Å². The molecule has 8 atom stereocenters. The molecule has 216 valence electrons. The van der Waals surface area contributed by atoms with Gasteiger partial charge in [-0.2, -0.15) is 0 Å². The van der Waals surface area contributed by atoms with Gasteiger partial charge in [0.2, 0.25) is 12.6 Å². The quantitative estimate of drug-likeness (QED) is 0.215. The lowest BCUT2D eigenvalue weighted by molar-refractivity contribution is -0.253. The first kappa shape index (κ1) is 29.6. The first-order valence-corrected chi connectivity index (χ1v) is 13.5. The molecule has 1 heterocycles. The smallest absolute Gasteiger partial charge is 0.338 e. The van der Waals surface area contributed by atoms with Crippen LogP contribution < -0.4 is 0 Å². The Labute approximate surface area is 234 Å². The molecular formula is C31H38O9. The molecule has 1 aromatic rings. The van der Waals surface area contributed by atoms with Crippen molar-refractivity contribution in [2.75, 3.05) is 0 Å². The van der Waals surface area contributed by atoms with E-state index < -0.39 is 59.4 Å². The van der Waals surface area contributed by atoms with Crippen molar-refractivity contribution in [3.63, 3.8) is 0 Å². The van der Waals surface area contributed by atoms with Gasteiger partial charge >= 0.3 is 17.9 Å². The van der Waals surface area contributed by atoms with Gasteiger partial charge in [-0.3, -0.25) is 14.3 Å². The maximum absolute atomic E-state index is 13.1. The molecule has 9 heteroatoms. The van der Waals surface area contributed by atoms with Gasteiger partial charge in [-0.05, 0) is 73.8 Å². The molecule has 0 radical (unpaired) electrons. The minimum absolute atomic E-state index is 0.0190. The highest BCUT2D eigenvalue weighted by molar-refractivity contribution is 5.89. The number of ether oxygens (including phenoxy) is 4. The molecule has 3 aliphatic rings. The van der Waals surface area contributed by atoms with Gasteiger partial charge in [0.05, 0.1) is 17.1 Å². The molecule has 1 saturated heterocycles. The second kappa shape index (κ2) is 11.2. The van der Waals surface area contributed by atoms with Crippen molar-refractivity contribution in [2.24, 2.45) is 22.7 Å². The number of phenolic OH excluding ortho intramolecular Hbond substituents is 1. The van der Waals surface area contributed by atoms with Crippen LogP contribution in [0.5, 0.6) is 5.75 Å². The normalized spacial score (nSPS) is 35.0. The molecule has 4 rings (SSSR count). The lowest BCUT2D eigenvalue weighted by Crippen LogP contribution is -2.63. The van der Waals surface area contributed by atoms with Crippen LogP contribution >= 0.6 is 0 Å². The minimum atomic E-state index is -1.24. The number of aromatic hydroxyl groups is 1. The molecule has 0 aromatic heterocycles. The molecule has 2 aliphatic carbocycles. The summed E-state index contributed by atoms with van der Waals surface area (Å²) in [5.41, 5.74) is -0.0330. The molecule has 2 fully saturated rings. The number of aliphatic hydroxyl groups excluding tert-OH is 1. The summed E-state index contributed by atoms with van der Waals surface area (Å²) in [4.78, 5) is 37.4. The van der Waals surface area contributed by atoms with Gasteiger partial charge in [-0.15, -0.1) is 0 Å². The summed E-state index contributed by atoms with van der Waals surface area (Å²) >= 11 is 0. The standard InChI is InChI=1S/C31H38O9/c1-7-17(2)12-13-30(6)18(3)14-26(35)31-24(28(37-19(4)32)40-29(31)38-20(5)33)15-23(16-25(30)31)39-27(36)21-8-10-22(34)11-9-21/h7-12,15,18,23,25-26,28-29,34-35H,1,13-14,16H2,2-6H3/b17-12+/t18-,23+,25+,26-,28+,29-,30-,31-/m1/s1. The summed E-state index contributed by atoms with van der Waals surface area (Å²) in [5.74, 6) is -2.18. The zero-order valence-corrected chi connectivity index (χ0v) is 23.6. The van der Waals surface area contributed by atoms with E-state index in [0.29, 0.717) is 24.8 Å². The van der Waals surface area contributed by atoms with Crippen molar-refractivity contribution in [3.05, 3.63) is 65.8 Å². The van der Waals surface area contributed by atoms with Gasteiger partial charge in [0.15, 0.2) is 0 Å². The molecule has 1 spiro atoms. The van der Waals surface area contributed by atoms with E-state index in [4.69, 9.17) is 18.9 Å². The van der Waals surface area contributed by atoms with Crippen molar-refractivity contribution in [3.8, 4) is 5.75 Å². The minimum Gasteiger partial charge on any atom is -0.508 e. The average molecular weight is 555 g/mol. The molecule has 0 bridgehead atoms. The van der Waals surface area contributed by atoms with Crippen LogP contribution in [0.2, 0.25) is 0 Å². The number of hydrogen-bond donors (Lipinski definition) is 2. The van der Waals surface area contributed by atoms with Crippen LogP contribution in [0.25, 0.3) is 0 Å². The predicted octanol–water partition coefficient (Wildman–Crippen LogP) is 4.59. The van der Waals surface area contributed by atoms with E-state index in [1.807, 2.05) is 6.92 Å². The maximum Gasteiger partial charge on any atom is 0.338 e. The SMILES string of the molecule is C=C/C(C)=C/C[C@]1(C)[C@H](C)C[C@@H](O)[C@@]23C(=C[C@H](OC(=O)c4ccc(O)cc4)C[C@@H]12)[C@@H](OC(C)=O)O[C@H]3OC(C)=O. The summed E-state index contributed by atoms with van der Waals surface area (Å²) in [6.07, 6.45) is 2.62. The van der Waals surface area contributed by atoms with Crippen molar-refractivity contribution in [2.45, 2.75) is 78.7 Å². The van der Waals surface area contributed by atoms with Gasteiger partial charge in [0.25, 0.3) is 0 Å².